The van der Waals surface area contributed by atoms with Crippen LogP contribution in [0.2, 0.25) is 0 Å². The summed E-state index contributed by atoms with van der Waals surface area (Å²) in [6.07, 6.45) is -0.195. The van der Waals surface area contributed by atoms with Crippen LogP contribution in [0.25, 0.3) is 0 Å². The number of carbonyl (C=O) groups excluding carboxylic acids is 1. The predicted molar refractivity (Wildman–Crippen MR) is 84.8 cm³/mol. The van der Waals surface area contributed by atoms with Gasteiger partial charge in [0, 0.05) is 13.7 Å². The van der Waals surface area contributed by atoms with Crippen LogP contribution in [0, 0.1) is 6.92 Å². The number of rotatable bonds is 3. The van der Waals surface area contributed by atoms with Gasteiger partial charge in [0.05, 0.1) is 24.7 Å². The minimum atomic E-state index is -3.16. The molecule has 7 heteroatoms. The van der Waals surface area contributed by atoms with Crippen LogP contribution < -0.4 is 0 Å². The molecule has 2 aliphatic rings. The minimum Gasteiger partial charge on any atom is -0.370 e. The summed E-state index contributed by atoms with van der Waals surface area (Å²) in [5.41, 5.74) is 0.948. The van der Waals surface area contributed by atoms with E-state index in [0.29, 0.717) is 19.7 Å². The van der Waals surface area contributed by atoms with Crippen LogP contribution in [0.1, 0.15) is 17.2 Å². The predicted octanol–water partition coefficient (Wildman–Crippen LogP) is 0.709. The Balaban J connectivity index is 1.76. The van der Waals surface area contributed by atoms with E-state index in [9.17, 15) is 13.2 Å². The van der Waals surface area contributed by atoms with E-state index in [1.807, 2.05) is 31.2 Å². The monoisotopic (exact) mass is 339 g/mol. The summed E-state index contributed by atoms with van der Waals surface area (Å²) in [4.78, 5) is 14.4. The zero-order valence-electron chi connectivity index (χ0n) is 13.3. The van der Waals surface area contributed by atoms with E-state index in [1.54, 1.807) is 4.90 Å². The van der Waals surface area contributed by atoms with Gasteiger partial charge in [-0.05, 0) is 18.1 Å². The van der Waals surface area contributed by atoms with Crippen molar-refractivity contribution >= 4 is 15.7 Å². The van der Waals surface area contributed by atoms with Gasteiger partial charge in [0.15, 0.2) is 15.4 Å². The maximum atomic E-state index is 12.8. The minimum absolute atomic E-state index is 0.195. The number of sulfone groups is 1. The van der Waals surface area contributed by atoms with Gasteiger partial charge in [-0.15, -0.1) is 0 Å². The Morgan fingerprint density at radius 1 is 1.35 bits per heavy atom. The summed E-state index contributed by atoms with van der Waals surface area (Å²) in [7, 11) is -1.77. The summed E-state index contributed by atoms with van der Waals surface area (Å²) < 4.78 is 34.1. The second kappa shape index (κ2) is 5.89. The maximum Gasteiger partial charge on any atom is 0.257 e. The van der Waals surface area contributed by atoms with E-state index in [0.717, 1.165) is 11.1 Å². The van der Waals surface area contributed by atoms with Crippen molar-refractivity contribution in [2.75, 3.05) is 38.3 Å². The Kier molecular flexibility index (Phi) is 4.20. The van der Waals surface area contributed by atoms with E-state index in [4.69, 9.17) is 9.47 Å². The third kappa shape index (κ3) is 3.00. The molecular weight excluding hydrogens is 318 g/mol. The number of methoxy groups -OCH3 is 1. The van der Waals surface area contributed by atoms with Crippen molar-refractivity contribution in [2.45, 2.75) is 18.6 Å². The lowest BCUT2D eigenvalue weighted by Gasteiger charge is -2.43. The average Bonchev–Trinajstić information content (AvgIpc) is 2.52. The second-order valence-corrected chi connectivity index (χ2v) is 8.26. The lowest BCUT2D eigenvalue weighted by molar-refractivity contribution is -0.159. The summed E-state index contributed by atoms with van der Waals surface area (Å²) >= 11 is 0. The molecule has 2 saturated heterocycles. The highest BCUT2D eigenvalue weighted by atomic mass is 32.2. The smallest absolute Gasteiger partial charge is 0.257 e. The fourth-order valence-electron chi connectivity index (χ4n) is 3.25. The molecule has 1 aromatic carbocycles. The molecule has 1 aromatic rings. The number of benzene rings is 1. The standard InChI is InChI=1S/C16H21NO5S/c1-12-5-3-4-6-13(12)14-9-17(7-8-22-14)15(18)16(21-2)10-23(19,20)11-16/h3-6,14H,7-11H2,1-2H3. The summed E-state index contributed by atoms with van der Waals surface area (Å²) in [5.74, 6) is -0.722. The summed E-state index contributed by atoms with van der Waals surface area (Å²) in [5, 5.41) is 0. The first kappa shape index (κ1) is 16.4. The molecule has 23 heavy (non-hydrogen) atoms. The molecule has 1 atom stereocenters. The van der Waals surface area contributed by atoms with E-state index in [-0.39, 0.29) is 23.5 Å². The van der Waals surface area contributed by atoms with Crippen molar-refractivity contribution < 1.29 is 22.7 Å². The largest absolute Gasteiger partial charge is 0.370 e. The van der Waals surface area contributed by atoms with Gasteiger partial charge in [-0.25, -0.2) is 8.42 Å². The molecule has 0 aromatic heterocycles. The first-order valence-electron chi connectivity index (χ1n) is 7.59. The van der Waals surface area contributed by atoms with E-state index in [2.05, 4.69) is 0 Å². The second-order valence-electron chi connectivity index (χ2n) is 6.20. The van der Waals surface area contributed by atoms with E-state index < -0.39 is 15.4 Å². The number of ether oxygens (including phenoxy) is 2. The molecule has 0 saturated carbocycles. The Morgan fingerprint density at radius 3 is 2.65 bits per heavy atom. The highest BCUT2D eigenvalue weighted by Crippen LogP contribution is 2.32. The molecule has 1 unspecified atom stereocenters. The van der Waals surface area contributed by atoms with Crippen LogP contribution in [0.4, 0.5) is 0 Å². The van der Waals surface area contributed by atoms with Crippen LogP contribution in [0.3, 0.4) is 0 Å². The zero-order valence-corrected chi connectivity index (χ0v) is 14.1. The lowest BCUT2D eigenvalue weighted by Crippen LogP contribution is -2.66. The number of hydrogen-bond donors (Lipinski definition) is 0. The Hall–Kier alpha value is -1.44. The summed E-state index contributed by atoms with van der Waals surface area (Å²) in [6.45, 7) is 3.30. The Bertz CT molecular complexity index is 703. The molecule has 1 amide bonds. The normalized spacial score (nSPS) is 25.7. The van der Waals surface area contributed by atoms with Crippen LogP contribution >= 0.6 is 0 Å². The van der Waals surface area contributed by atoms with E-state index >= 15 is 0 Å². The topological polar surface area (TPSA) is 72.9 Å². The SMILES string of the molecule is COC1(C(=O)N2CCOC(c3ccccc3C)C2)CS(=O)(=O)C1. The van der Waals surface area contributed by atoms with Crippen LogP contribution in [-0.2, 0) is 24.1 Å². The molecule has 0 spiro atoms. The molecule has 3 rings (SSSR count). The third-order valence-electron chi connectivity index (χ3n) is 4.58. The molecule has 0 N–H and O–H groups in total. The molecule has 0 bridgehead atoms. The van der Waals surface area contributed by atoms with Crippen molar-refractivity contribution in [3.05, 3.63) is 35.4 Å². The molecule has 0 radical (unpaired) electrons. The van der Waals surface area contributed by atoms with Crippen molar-refractivity contribution in [3.63, 3.8) is 0 Å². The van der Waals surface area contributed by atoms with Gasteiger partial charge in [0.25, 0.3) is 5.91 Å². The Morgan fingerprint density at radius 2 is 2.04 bits per heavy atom. The van der Waals surface area contributed by atoms with Gasteiger partial charge < -0.3 is 14.4 Å². The van der Waals surface area contributed by atoms with Gasteiger partial charge in [-0.1, -0.05) is 24.3 Å². The lowest BCUT2D eigenvalue weighted by atomic mass is 10.0. The van der Waals surface area contributed by atoms with Crippen LogP contribution in [-0.4, -0.2) is 63.1 Å². The average molecular weight is 339 g/mol. The first-order chi connectivity index (χ1) is 10.9. The van der Waals surface area contributed by atoms with Gasteiger partial charge >= 0.3 is 0 Å². The first-order valence-corrected chi connectivity index (χ1v) is 9.41. The van der Waals surface area contributed by atoms with Crippen LogP contribution in [0.15, 0.2) is 24.3 Å². The van der Waals surface area contributed by atoms with Gasteiger partial charge in [0.2, 0.25) is 0 Å². The fourth-order valence-corrected chi connectivity index (χ4v) is 5.07. The number of hydrogen-bond acceptors (Lipinski definition) is 5. The third-order valence-corrected chi connectivity index (χ3v) is 6.39. The number of amides is 1. The number of aryl methyl sites for hydroxylation is 1. The summed E-state index contributed by atoms with van der Waals surface area (Å²) in [6, 6.07) is 7.91. The molecule has 2 heterocycles. The van der Waals surface area contributed by atoms with Crippen LogP contribution in [0.5, 0.6) is 0 Å². The molecule has 2 fully saturated rings. The highest BCUT2D eigenvalue weighted by Gasteiger charge is 2.56. The van der Waals surface area contributed by atoms with Gasteiger partial charge in [0.1, 0.15) is 6.10 Å². The van der Waals surface area contributed by atoms with Crippen molar-refractivity contribution in [2.24, 2.45) is 0 Å². The number of nitrogens with zero attached hydrogens (tertiary/aromatic N) is 1. The van der Waals surface area contributed by atoms with Gasteiger partial charge in [-0.3, -0.25) is 4.79 Å². The van der Waals surface area contributed by atoms with Crippen molar-refractivity contribution in [3.8, 4) is 0 Å². The van der Waals surface area contributed by atoms with Crippen molar-refractivity contribution in [1.82, 2.24) is 4.90 Å². The highest BCUT2D eigenvalue weighted by molar-refractivity contribution is 7.93. The molecule has 2 aliphatic heterocycles. The Labute approximate surface area is 136 Å². The molecule has 126 valence electrons. The zero-order chi connectivity index (χ0) is 16.7. The quantitative estimate of drug-likeness (QED) is 0.811. The molecule has 0 aliphatic carbocycles. The number of carbonyl (C=O) groups is 1. The fraction of sp³-hybridized carbons (Fsp3) is 0.562. The molecule has 6 nitrogen and oxygen atoms in total. The molecular formula is C16H21NO5S. The van der Waals surface area contributed by atoms with Crippen molar-refractivity contribution in [1.29, 1.82) is 0 Å². The number of morpholine rings is 1. The maximum absolute atomic E-state index is 12.8. The van der Waals surface area contributed by atoms with Gasteiger partial charge in [-0.2, -0.15) is 0 Å². The van der Waals surface area contributed by atoms with E-state index in [1.165, 1.54) is 7.11 Å².